The summed E-state index contributed by atoms with van der Waals surface area (Å²) in [6.45, 7) is 1.52. The van der Waals surface area contributed by atoms with Crippen LogP contribution in [0.4, 0.5) is 6.01 Å². The summed E-state index contributed by atoms with van der Waals surface area (Å²) in [6, 6.07) is 0.357. The van der Waals surface area contributed by atoms with E-state index in [0.29, 0.717) is 25.0 Å². The van der Waals surface area contributed by atoms with Crippen molar-refractivity contribution < 1.29 is 9.21 Å². The first-order valence-corrected chi connectivity index (χ1v) is 4.73. The third kappa shape index (κ3) is 1.79. The zero-order valence-electron chi connectivity index (χ0n) is 7.36. The molecule has 0 spiro atoms. The number of hydrogen-bond donors (Lipinski definition) is 1. The Kier molecular flexibility index (Phi) is 2.53. The largest absolute Gasteiger partial charge is 0.407 e. The molecule has 0 saturated carbocycles. The first-order chi connectivity index (χ1) is 6.79. The molecule has 2 heterocycles. The van der Waals surface area contributed by atoms with E-state index in [1.54, 1.807) is 4.90 Å². The molecule has 0 atom stereocenters. The average molecular weight is 217 g/mol. The molecule has 0 bridgehead atoms. The fraction of sp³-hybridized carbons (Fsp3) is 0.571. The standard InChI is InChI=1S/C7H9ClN4O2/c8-3-6-10-11-7(14-6)12-2-1-9-5(13)4-12/h1-4H2,(H,9,13). The Morgan fingerprint density at radius 3 is 3.07 bits per heavy atom. The summed E-state index contributed by atoms with van der Waals surface area (Å²) in [7, 11) is 0. The molecule has 0 unspecified atom stereocenters. The van der Waals surface area contributed by atoms with Crippen LogP contribution in [-0.2, 0) is 10.7 Å². The molecule has 0 aliphatic carbocycles. The lowest BCUT2D eigenvalue weighted by atomic mass is 10.4. The molecule has 7 heteroatoms. The molecule has 6 nitrogen and oxygen atoms in total. The number of hydrogen-bond acceptors (Lipinski definition) is 5. The van der Waals surface area contributed by atoms with Crippen LogP contribution in [0.5, 0.6) is 0 Å². The Morgan fingerprint density at radius 1 is 1.57 bits per heavy atom. The molecule has 1 N–H and O–H groups in total. The van der Waals surface area contributed by atoms with Gasteiger partial charge in [-0.1, -0.05) is 5.10 Å². The summed E-state index contributed by atoms with van der Waals surface area (Å²) >= 11 is 5.51. The molecular weight excluding hydrogens is 208 g/mol. The SMILES string of the molecule is O=C1CN(c2nnc(CCl)o2)CCN1. The zero-order valence-corrected chi connectivity index (χ0v) is 8.12. The Labute approximate surface area is 85.2 Å². The lowest BCUT2D eigenvalue weighted by molar-refractivity contribution is -0.120. The molecule has 1 saturated heterocycles. The van der Waals surface area contributed by atoms with E-state index in [-0.39, 0.29) is 18.3 Å². The van der Waals surface area contributed by atoms with E-state index in [2.05, 4.69) is 15.5 Å². The van der Waals surface area contributed by atoms with Gasteiger partial charge in [-0.3, -0.25) is 4.79 Å². The fourth-order valence-electron chi connectivity index (χ4n) is 1.23. The number of aromatic nitrogens is 2. The number of nitrogens with one attached hydrogen (secondary N) is 1. The van der Waals surface area contributed by atoms with Gasteiger partial charge in [-0.05, 0) is 0 Å². The highest BCUT2D eigenvalue weighted by Crippen LogP contribution is 2.13. The lowest BCUT2D eigenvalue weighted by Gasteiger charge is -2.24. The minimum atomic E-state index is -0.0399. The molecule has 14 heavy (non-hydrogen) atoms. The number of carbonyl (C=O) groups excluding carboxylic acids is 1. The van der Waals surface area contributed by atoms with Gasteiger partial charge < -0.3 is 14.6 Å². The van der Waals surface area contributed by atoms with E-state index >= 15 is 0 Å². The molecular formula is C7H9ClN4O2. The third-order valence-electron chi connectivity index (χ3n) is 1.88. The van der Waals surface area contributed by atoms with Gasteiger partial charge in [-0.2, -0.15) is 0 Å². The summed E-state index contributed by atoms with van der Waals surface area (Å²) < 4.78 is 5.21. The predicted molar refractivity (Wildman–Crippen MR) is 49.1 cm³/mol. The minimum Gasteiger partial charge on any atom is -0.407 e. The normalized spacial score (nSPS) is 16.9. The number of nitrogens with zero attached hydrogens (tertiary/aromatic N) is 3. The Morgan fingerprint density at radius 2 is 2.43 bits per heavy atom. The van der Waals surface area contributed by atoms with Crippen LogP contribution in [0.15, 0.2) is 4.42 Å². The van der Waals surface area contributed by atoms with Gasteiger partial charge in [0, 0.05) is 13.1 Å². The van der Waals surface area contributed by atoms with Crippen LogP contribution in [0.25, 0.3) is 0 Å². The summed E-state index contributed by atoms with van der Waals surface area (Å²) in [5.41, 5.74) is 0. The summed E-state index contributed by atoms with van der Waals surface area (Å²) in [5.74, 6) is 0.516. The molecule has 0 radical (unpaired) electrons. The first-order valence-electron chi connectivity index (χ1n) is 4.19. The second kappa shape index (κ2) is 3.83. The summed E-state index contributed by atoms with van der Waals surface area (Å²) in [4.78, 5) is 12.8. The Bertz CT molecular complexity index is 340. The average Bonchev–Trinajstić information content (AvgIpc) is 2.66. The number of carbonyl (C=O) groups is 1. The van der Waals surface area contributed by atoms with Crippen molar-refractivity contribution in [2.75, 3.05) is 24.5 Å². The van der Waals surface area contributed by atoms with Gasteiger partial charge in [0.05, 0.1) is 0 Å². The number of amides is 1. The van der Waals surface area contributed by atoms with Crippen molar-refractivity contribution in [1.82, 2.24) is 15.5 Å². The molecule has 1 fully saturated rings. The van der Waals surface area contributed by atoms with E-state index in [9.17, 15) is 4.79 Å². The highest BCUT2D eigenvalue weighted by Gasteiger charge is 2.20. The van der Waals surface area contributed by atoms with Crippen molar-refractivity contribution in [3.63, 3.8) is 0 Å². The molecule has 1 aliphatic heterocycles. The smallest absolute Gasteiger partial charge is 0.318 e. The summed E-state index contributed by atoms with van der Waals surface area (Å²) in [5, 5.41) is 10.2. The third-order valence-corrected chi connectivity index (χ3v) is 2.11. The van der Waals surface area contributed by atoms with Gasteiger partial charge in [0.25, 0.3) is 0 Å². The topological polar surface area (TPSA) is 71.3 Å². The van der Waals surface area contributed by atoms with Crippen LogP contribution in [0, 0.1) is 0 Å². The van der Waals surface area contributed by atoms with Gasteiger partial charge in [-0.15, -0.1) is 16.7 Å². The van der Waals surface area contributed by atoms with Crippen LogP contribution in [-0.4, -0.2) is 35.7 Å². The monoisotopic (exact) mass is 216 g/mol. The van der Waals surface area contributed by atoms with Gasteiger partial charge >= 0.3 is 6.01 Å². The molecule has 76 valence electrons. The van der Waals surface area contributed by atoms with E-state index in [0.717, 1.165) is 0 Å². The maximum Gasteiger partial charge on any atom is 0.318 e. The number of piperazine rings is 1. The van der Waals surface area contributed by atoms with Crippen molar-refractivity contribution in [3.05, 3.63) is 5.89 Å². The van der Waals surface area contributed by atoms with Gasteiger partial charge in [0.2, 0.25) is 11.8 Å². The molecule has 1 aromatic rings. The second-order valence-corrected chi connectivity index (χ2v) is 3.15. The van der Waals surface area contributed by atoms with Gasteiger partial charge in [-0.25, -0.2) is 0 Å². The highest BCUT2D eigenvalue weighted by molar-refractivity contribution is 6.16. The summed E-state index contributed by atoms with van der Waals surface area (Å²) in [6.07, 6.45) is 0. The maximum atomic E-state index is 11.1. The van der Waals surface area contributed by atoms with E-state index < -0.39 is 0 Å². The maximum absolute atomic E-state index is 11.1. The van der Waals surface area contributed by atoms with Crippen LogP contribution >= 0.6 is 11.6 Å². The van der Waals surface area contributed by atoms with E-state index in [1.807, 2.05) is 0 Å². The number of halogens is 1. The zero-order chi connectivity index (χ0) is 9.97. The van der Waals surface area contributed by atoms with E-state index in [4.69, 9.17) is 16.0 Å². The molecule has 1 aromatic heterocycles. The van der Waals surface area contributed by atoms with Crippen LogP contribution < -0.4 is 10.2 Å². The van der Waals surface area contributed by atoms with Crippen LogP contribution in [0.3, 0.4) is 0 Å². The predicted octanol–water partition coefficient (Wildman–Crippen LogP) is -0.255. The minimum absolute atomic E-state index is 0.0399. The van der Waals surface area contributed by atoms with Gasteiger partial charge in [0.15, 0.2) is 0 Å². The van der Waals surface area contributed by atoms with Crippen LogP contribution in [0.1, 0.15) is 5.89 Å². The molecule has 0 aromatic carbocycles. The van der Waals surface area contributed by atoms with Crippen molar-refractivity contribution >= 4 is 23.5 Å². The van der Waals surface area contributed by atoms with Crippen molar-refractivity contribution in [1.29, 1.82) is 0 Å². The highest BCUT2D eigenvalue weighted by atomic mass is 35.5. The fourth-order valence-corrected chi connectivity index (χ4v) is 1.34. The molecule has 1 aliphatic rings. The molecule has 1 amide bonds. The second-order valence-electron chi connectivity index (χ2n) is 2.88. The molecule has 2 rings (SSSR count). The van der Waals surface area contributed by atoms with Crippen molar-refractivity contribution in [3.8, 4) is 0 Å². The first kappa shape index (κ1) is 9.26. The Hall–Kier alpha value is -1.30. The quantitative estimate of drug-likeness (QED) is 0.690. The Balaban J connectivity index is 2.09. The van der Waals surface area contributed by atoms with Crippen molar-refractivity contribution in [2.45, 2.75) is 5.88 Å². The number of alkyl halides is 1. The lowest BCUT2D eigenvalue weighted by Crippen LogP contribution is -2.47. The van der Waals surface area contributed by atoms with Crippen LogP contribution in [0.2, 0.25) is 0 Å². The van der Waals surface area contributed by atoms with Crippen molar-refractivity contribution in [2.24, 2.45) is 0 Å². The van der Waals surface area contributed by atoms with E-state index in [1.165, 1.54) is 0 Å². The number of rotatable bonds is 2. The number of anilines is 1. The van der Waals surface area contributed by atoms with Gasteiger partial charge in [0.1, 0.15) is 12.4 Å².